The summed E-state index contributed by atoms with van der Waals surface area (Å²) in [6.45, 7) is 1.04. The molecule has 0 bridgehead atoms. The molecule has 0 saturated heterocycles. The molecule has 1 aromatic carbocycles. The fourth-order valence-corrected chi connectivity index (χ4v) is 3.87. The molecule has 0 unspecified atom stereocenters. The van der Waals surface area contributed by atoms with Crippen LogP contribution in [-0.4, -0.2) is 35.7 Å². The number of amides is 1. The second-order valence-corrected chi connectivity index (χ2v) is 7.58. The predicted octanol–water partition coefficient (Wildman–Crippen LogP) is 4.42. The molecule has 0 atom stereocenters. The molecule has 0 N–H and O–H groups in total. The predicted molar refractivity (Wildman–Crippen MR) is 102 cm³/mol. The van der Waals surface area contributed by atoms with Gasteiger partial charge in [-0.05, 0) is 79.9 Å². The Kier molecular flexibility index (Phi) is 8.45. The number of hydrogen-bond acceptors (Lipinski definition) is 1. The highest BCUT2D eigenvalue weighted by Gasteiger charge is 2.17. The van der Waals surface area contributed by atoms with E-state index >= 15 is 0 Å². The smallest absolute Gasteiger partial charge is 0.254 e. The normalized spacial score (nSPS) is 10.5. The van der Waals surface area contributed by atoms with Crippen LogP contribution in [0.25, 0.3) is 0 Å². The summed E-state index contributed by atoms with van der Waals surface area (Å²) in [6.07, 6.45) is 0. The Hall–Kier alpha value is 1.46. The summed E-state index contributed by atoms with van der Waals surface area (Å²) in [5, 5.41) is 0. The van der Waals surface area contributed by atoms with E-state index in [1.807, 2.05) is 12.1 Å². The van der Waals surface area contributed by atoms with Crippen LogP contribution in [0.2, 0.25) is 0 Å². The minimum Gasteiger partial charge on any atom is -0.336 e. The number of benzene rings is 1. The third-order valence-corrected chi connectivity index (χ3v) is 7.49. The topological polar surface area (TPSA) is 20.3 Å². The van der Waals surface area contributed by atoms with Gasteiger partial charge in [0.05, 0.1) is 0 Å². The lowest BCUT2D eigenvalue weighted by molar-refractivity contribution is 0.0775. The molecule has 0 aliphatic rings. The molecule has 0 aromatic heterocycles. The summed E-state index contributed by atoms with van der Waals surface area (Å²) < 4.78 is 3.34. The number of nitrogens with zero attached hydrogens (tertiary/aromatic N) is 1. The molecule has 2 nitrogen and oxygen atoms in total. The molecular weight excluding hydrogens is 614 g/mol. The number of hydrogen-bond donors (Lipinski definition) is 0. The van der Waals surface area contributed by atoms with Gasteiger partial charge in [0, 0.05) is 41.1 Å². The van der Waals surface area contributed by atoms with Gasteiger partial charge in [0.25, 0.3) is 5.91 Å². The van der Waals surface area contributed by atoms with E-state index in [1.54, 1.807) is 4.90 Å². The lowest BCUT2D eigenvalue weighted by Gasteiger charge is -2.21. The Morgan fingerprint density at radius 3 is 1.89 bits per heavy atom. The largest absolute Gasteiger partial charge is 0.336 e. The van der Waals surface area contributed by atoms with Gasteiger partial charge in [-0.1, -0.05) is 0 Å². The Morgan fingerprint density at radius 1 is 1.06 bits per heavy atom. The molecule has 0 spiro atoms. The fraction of sp³-hybridized carbons (Fsp3) is 0.364. The van der Waals surface area contributed by atoms with Crippen molar-refractivity contribution < 1.29 is 4.79 Å². The zero-order valence-corrected chi connectivity index (χ0v) is 17.2. The van der Waals surface area contributed by atoms with E-state index in [0.717, 1.165) is 7.14 Å². The first-order valence-electron chi connectivity index (χ1n) is 5.07. The fourth-order valence-electron chi connectivity index (χ4n) is 1.38. The zero-order chi connectivity index (χ0) is 13.7. The second-order valence-electron chi connectivity index (χ2n) is 3.42. The zero-order valence-electron chi connectivity index (χ0n) is 9.23. The van der Waals surface area contributed by atoms with Gasteiger partial charge in [-0.3, -0.25) is 4.79 Å². The van der Waals surface area contributed by atoms with Crippen LogP contribution in [0.1, 0.15) is 10.4 Å². The maximum Gasteiger partial charge on any atom is 0.254 e. The van der Waals surface area contributed by atoms with Crippen LogP contribution in [-0.2, 0) is 0 Å². The number of halogens is 5. The van der Waals surface area contributed by atoms with Crippen molar-refractivity contribution in [1.82, 2.24) is 4.90 Å². The molecule has 0 fully saturated rings. The number of carbonyl (C=O) groups excluding carboxylic acids is 1. The Labute approximate surface area is 158 Å². The summed E-state index contributed by atoms with van der Waals surface area (Å²) in [7, 11) is 0. The van der Waals surface area contributed by atoms with Crippen LogP contribution in [0.5, 0.6) is 0 Å². The molecule has 0 radical (unpaired) electrons. The molecule has 0 aliphatic heterocycles. The van der Waals surface area contributed by atoms with E-state index in [-0.39, 0.29) is 5.91 Å². The van der Waals surface area contributed by atoms with Crippen molar-refractivity contribution in [2.24, 2.45) is 0 Å². The first kappa shape index (κ1) is 17.5. The quantitative estimate of drug-likeness (QED) is 0.270. The van der Waals surface area contributed by atoms with E-state index in [9.17, 15) is 4.79 Å². The summed E-state index contributed by atoms with van der Waals surface area (Å²) in [5.41, 5.74) is 0.694. The summed E-state index contributed by atoms with van der Waals surface area (Å²) in [6, 6.07) is 3.81. The van der Waals surface area contributed by atoms with Crippen LogP contribution in [0.3, 0.4) is 0 Å². The molecule has 0 saturated carbocycles. The maximum atomic E-state index is 12.3. The van der Waals surface area contributed by atoms with Crippen molar-refractivity contribution in [3.8, 4) is 0 Å². The van der Waals surface area contributed by atoms with E-state index in [1.165, 1.54) is 3.57 Å². The van der Waals surface area contributed by atoms with Crippen molar-refractivity contribution in [2.75, 3.05) is 24.8 Å². The minimum absolute atomic E-state index is 0.0106. The van der Waals surface area contributed by atoms with Gasteiger partial charge in [-0.25, -0.2) is 0 Å². The summed E-state index contributed by atoms with van der Waals surface area (Å²) in [5.74, 6) is 0.825. The molecule has 1 amide bonds. The summed E-state index contributed by atoms with van der Waals surface area (Å²) in [4.78, 5) is 14.0. The second kappa shape index (κ2) is 8.68. The van der Waals surface area contributed by atoms with E-state index in [2.05, 4.69) is 67.8 Å². The van der Waals surface area contributed by atoms with Crippen molar-refractivity contribution in [3.05, 3.63) is 28.4 Å². The molecule has 18 heavy (non-hydrogen) atoms. The van der Waals surface area contributed by atoms with Crippen LogP contribution in [0.15, 0.2) is 12.1 Å². The van der Waals surface area contributed by atoms with E-state index < -0.39 is 0 Å². The Morgan fingerprint density at radius 2 is 1.50 bits per heavy atom. The highest BCUT2D eigenvalue weighted by atomic mass is 127. The molecule has 0 heterocycles. The highest BCUT2D eigenvalue weighted by Crippen LogP contribution is 2.23. The first-order chi connectivity index (χ1) is 8.51. The molecule has 7 heteroatoms. The van der Waals surface area contributed by atoms with Crippen molar-refractivity contribution in [1.29, 1.82) is 0 Å². The van der Waals surface area contributed by atoms with E-state index in [0.29, 0.717) is 30.4 Å². The number of rotatable bonds is 5. The van der Waals surface area contributed by atoms with Crippen molar-refractivity contribution in [2.45, 2.75) is 0 Å². The monoisotopic (exact) mass is 623 g/mol. The molecule has 1 rings (SSSR count). The van der Waals surface area contributed by atoms with Gasteiger partial charge in [0.1, 0.15) is 0 Å². The molecule has 100 valence electrons. The van der Waals surface area contributed by atoms with Crippen LogP contribution >= 0.6 is 91.0 Å². The number of carbonyl (C=O) groups is 1. The average Bonchev–Trinajstić information content (AvgIpc) is 2.34. The number of alkyl halides is 2. The molecule has 0 aliphatic carbocycles. The Bertz CT molecular complexity index is 413. The van der Waals surface area contributed by atoms with E-state index in [4.69, 9.17) is 23.2 Å². The first-order valence-corrected chi connectivity index (χ1v) is 9.37. The van der Waals surface area contributed by atoms with Gasteiger partial charge >= 0.3 is 0 Å². The lowest BCUT2D eigenvalue weighted by atomic mass is 10.2. The third kappa shape index (κ3) is 4.78. The Balaban J connectivity index is 3.01. The van der Waals surface area contributed by atoms with Crippen LogP contribution < -0.4 is 0 Å². The van der Waals surface area contributed by atoms with Crippen LogP contribution in [0.4, 0.5) is 0 Å². The van der Waals surface area contributed by atoms with Crippen LogP contribution in [0, 0.1) is 10.7 Å². The average molecular weight is 624 g/mol. The van der Waals surface area contributed by atoms with Gasteiger partial charge in [-0.2, -0.15) is 0 Å². The van der Waals surface area contributed by atoms with Gasteiger partial charge < -0.3 is 4.90 Å². The highest BCUT2D eigenvalue weighted by molar-refractivity contribution is 14.1. The van der Waals surface area contributed by atoms with Gasteiger partial charge in [-0.15, -0.1) is 23.2 Å². The molecule has 1 aromatic rings. The minimum atomic E-state index is -0.0106. The summed E-state index contributed by atoms with van der Waals surface area (Å²) >= 11 is 18.2. The SMILES string of the molecule is O=C(c1cc(I)c(I)c(I)c1)N(CCCl)CCCl. The van der Waals surface area contributed by atoms with Gasteiger partial charge in [0.15, 0.2) is 0 Å². The van der Waals surface area contributed by atoms with Gasteiger partial charge in [0.2, 0.25) is 0 Å². The standard InChI is InChI=1S/C11H10Cl2I3NO/c12-1-3-17(4-2-13)11(18)7-5-8(14)10(16)9(15)6-7/h5-6H,1-4H2. The maximum absolute atomic E-state index is 12.3. The van der Waals surface area contributed by atoms with Crippen molar-refractivity contribution >= 4 is 96.9 Å². The lowest BCUT2D eigenvalue weighted by Crippen LogP contribution is -2.34. The third-order valence-electron chi connectivity index (χ3n) is 2.23. The van der Waals surface area contributed by atoms with Crippen molar-refractivity contribution in [3.63, 3.8) is 0 Å². The molecular formula is C11H10Cl2I3NO.